The Hall–Kier alpha value is -2.96. The Balaban J connectivity index is 2.05. The molecule has 2 aromatic rings. The van der Waals surface area contributed by atoms with Gasteiger partial charge in [0.2, 0.25) is 5.95 Å². The minimum absolute atomic E-state index is 0.236. The van der Waals surface area contributed by atoms with Crippen molar-refractivity contribution in [2.24, 2.45) is 0 Å². The summed E-state index contributed by atoms with van der Waals surface area (Å²) in [5.74, 6) is -0.294. The van der Waals surface area contributed by atoms with Gasteiger partial charge in [-0.3, -0.25) is 4.79 Å². The Kier molecular flexibility index (Phi) is 6.24. The smallest absolute Gasteiger partial charge is 0.338 e. The van der Waals surface area contributed by atoms with Gasteiger partial charge in [-0.15, -0.1) is 0 Å². The first kappa shape index (κ1) is 17.4. The van der Waals surface area contributed by atoms with E-state index in [4.69, 9.17) is 4.74 Å². The second-order valence-corrected chi connectivity index (χ2v) is 4.94. The number of hydrogen-bond acceptors (Lipinski definition) is 6. The lowest BCUT2D eigenvalue weighted by Crippen LogP contribution is -2.25. The summed E-state index contributed by atoms with van der Waals surface area (Å²) in [5, 5.41) is 5.76. The predicted octanol–water partition coefficient (Wildman–Crippen LogP) is 2.54. The molecule has 1 aromatic heterocycles. The second-order valence-electron chi connectivity index (χ2n) is 4.94. The zero-order chi connectivity index (χ0) is 17.4. The summed E-state index contributed by atoms with van der Waals surface area (Å²) >= 11 is 0. The highest BCUT2D eigenvalue weighted by Gasteiger charge is 2.09. The minimum Gasteiger partial charge on any atom is -0.462 e. The number of benzene rings is 1. The number of amides is 1. The highest BCUT2D eigenvalue weighted by atomic mass is 16.5. The lowest BCUT2D eigenvalue weighted by Gasteiger charge is -2.07. The molecule has 0 atom stereocenters. The van der Waals surface area contributed by atoms with E-state index in [1.54, 1.807) is 37.3 Å². The molecule has 24 heavy (non-hydrogen) atoms. The second kappa shape index (κ2) is 8.61. The van der Waals surface area contributed by atoms with Crippen molar-refractivity contribution in [3.63, 3.8) is 0 Å². The van der Waals surface area contributed by atoms with Gasteiger partial charge in [0.15, 0.2) is 0 Å². The summed E-state index contributed by atoms with van der Waals surface area (Å²) in [4.78, 5) is 31.8. The number of nitrogens with zero attached hydrogens (tertiary/aromatic N) is 2. The van der Waals surface area contributed by atoms with Crippen LogP contribution in [0.2, 0.25) is 0 Å². The molecule has 1 amide bonds. The molecule has 0 aliphatic heterocycles. The highest BCUT2D eigenvalue weighted by molar-refractivity contribution is 5.92. The molecular formula is C17H20N4O3. The minimum atomic E-state index is -0.366. The number of esters is 1. The summed E-state index contributed by atoms with van der Waals surface area (Å²) in [7, 11) is 0. The van der Waals surface area contributed by atoms with Gasteiger partial charge in [-0.2, -0.15) is 0 Å². The first-order valence-electron chi connectivity index (χ1n) is 7.79. The molecule has 0 saturated heterocycles. The van der Waals surface area contributed by atoms with E-state index in [9.17, 15) is 9.59 Å². The molecule has 2 N–H and O–H groups in total. The normalized spacial score (nSPS) is 10.1. The van der Waals surface area contributed by atoms with Crippen LogP contribution in [-0.2, 0) is 4.74 Å². The summed E-state index contributed by atoms with van der Waals surface area (Å²) < 4.78 is 4.93. The number of hydrogen-bond donors (Lipinski definition) is 2. The Labute approximate surface area is 140 Å². The lowest BCUT2D eigenvalue weighted by molar-refractivity contribution is 0.0526. The van der Waals surface area contributed by atoms with Gasteiger partial charge < -0.3 is 15.4 Å². The van der Waals surface area contributed by atoms with Crippen LogP contribution in [0.3, 0.4) is 0 Å². The van der Waals surface area contributed by atoms with E-state index in [1.807, 2.05) is 6.92 Å². The number of carbonyl (C=O) groups is 2. The summed E-state index contributed by atoms with van der Waals surface area (Å²) in [6, 6.07) is 8.30. The van der Waals surface area contributed by atoms with Crippen LogP contribution < -0.4 is 10.6 Å². The molecule has 0 aliphatic carbocycles. The maximum Gasteiger partial charge on any atom is 0.338 e. The van der Waals surface area contributed by atoms with Crippen LogP contribution in [0.15, 0.2) is 36.5 Å². The van der Waals surface area contributed by atoms with Crippen LogP contribution >= 0.6 is 0 Å². The molecular weight excluding hydrogens is 308 g/mol. The van der Waals surface area contributed by atoms with Gasteiger partial charge in [0.25, 0.3) is 5.91 Å². The number of carbonyl (C=O) groups excluding carboxylic acids is 2. The average molecular weight is 328 g/mol. The molecule has 126 valence electrons. The number of anilines is 2. The molecule has 0 bridgehead atoms. The molecule has 7 nitrogen and oxygen atoms in total. The van der Waals surface area contributed by atoms with E-state index in [2.05, 4.69) is 20.6 Å². The van der Waals surface area contributed by atoms with Crippen LogP contribution in [0.1, 0.15) is 41.1 Å². The van der Waals surface area contributed by atoms with Crippen molar-refractivity contribution in [3.8, 4) is 0 Å². The Morgan fingerprint density at radius 1 is 1.12 bits per heavy atom. The fourth-order valence-electron chi connectivity index (χ4n) is 1.91. The van der Waals surface area contributed by atoms with Crippen molar-refractivity contribution in [2.45, 2.75) is 20.3 Å². The third kappa shape index (κ3) is 4.77. The molecule has 0 unspecified atom stereocenters. The van der Waals surface area contributed by atoms with E-state index in [-0.39, 0.29) is 11.9 Å². The van der Waals surface area contributed by atoms with E-state index in [1.165, 1.54) is 6.20 Å². The topological polar surface area (TPSA) is 93.2 Å². The largest absolute Gasteiger partial charge is 0.462 e. The standard InChI is InChI=1S/C17H20N4O3/c1-3-10-18-15(22)14-9-11-19-17(21-14)20-13-7-5-12(6-8-13)16(23)24-4-2/h5-9,11H,3-4,10H2,1-2H3,(H,18,22)(H,19,20,21). The number of nitrogens with one attached hydrogen (secondary N) is 2. The predicted molar refractivity (Wildman–Crippen MR) is 90.3 cm³/mol. The van der Waals surface area contributed by atoms with Gasteiger partial charge in [0.05, 0.1) is 12.2 Å². The molecule has 0 aliphatic rings. The highest BCUT2D eigenvalue weighted by Crippen LogP contribution is 2.14. The fourth-order valence-corrected chi connectivity index (χ4v) is 1.91. The molecule has 1 aromatic carbocycles. The third-order valence-corrected chi connectivity index (χ3v) is 3.08. The van der Waals surface area contributed by atoms with E-state index in [0.717, 1.165) is 6.42 Å². The van der Waals surface area contributed by atoms with Crippen molar-refractivity contribution < 1.29 is 14.3 Å². The number of aromatic nitrogens is 2. The Bertz CT molecular complexity index is 701. The van der Waals surface area contributed by atoms with Crippen LogP contribution in [-0.4, -0.2) is 35.0 Å². The summed E-state index contributed by atoms with van der Waals surface area (Å²) in [6.45, 7) is 4.67. The van der Waals surface area contributed by atoms with Crippen molar-refractivity contribution in [2.75, 3.05) is 18.5 Å². The van der Waals surface area contributed by atoms with Gasteiger partial charge in [-0.05, 0) is 43.7 Å². The molecule has 0 radical (unpaired) electrons. The zero-order valence-electron chi connectivity index (χ0n) is 13.7. The van der Waals surface area contributed by atoms with Crippen molar-refractivity contribution in [1.29, 1.82) is 0 Å². The first-order chi connectivity index (χ1) is 11.6. The van der Waals surface area contributed by atoms with Crippen LogP contribution in [0.5, 0.6) is 0 Å². The third-order valence-electron chi connectivity index (χ3n) is 3.08. The van der Waals surface area contributed by atoms with Crippen LogP contribution in [0.25, 0.3) is 0 Å². The molecule has 2 rings (SSSR count). The number of rotatable bonds is 7. The molecule has 1 heterocycles. The Morgan fingerprint density at radius 3 is 2.54 bits per heavy atom. The quantitative estimate of drug-likeness (QED) is 0.759. The van der Waals surface area contributed by atoms with Crippen molar-refractivity contribution in [3.05, 3.63) is 47.8 Å². The van der Waals surface area contributed by atoms with Crippen LogP contribution in [0.4, 0.5) is 11.6 Å². The van der Waals surface area contributed by atoms with Crippen LogP contribution in [0, 0.1) is 0 Å². The first-order valence-corrected chi connectivity index (χ1v) is 7.79. The molecule has 0 saturated carbocycles. The maximum atomic E-state index is 11.9. The molecule has 0 spiro atoms. The van der Waals surface area contributed by atoms with E-state index >= 15 is 0 Å². The van der Waals surface area contributed by atoms with Gasteiger partial charge in [0.1, 0.15) is 5.69 Å². The van der Waals surface area contributed by atoms with Gasteiger partial charge in [0, 0.05) is 18.4 Å². The molecule has 0 fully saturated rings. The SMILES string of the molecule is CCCNC(=O)c1ccnc(Nc2ccc(C(=O)OCC)cc2)n1. The zero-order valence-corrected chi connectivity index (χ0v) is 13.7. The van der Waals surface area contributed by atoms with Crippen molar-refractivity contribution >= 4 is 23.5 Å². The maximum absolute atomic E-state index is 11.9. The van der Waals surface area contributed by atoms with Gasteiger partial charge in [-0.25, -0.2) is 14.8 Å². The average Bonchev–Trinajstić information content (AvgIpc) is 2.60. The Morgan fingerprint density at radius 2 is 1.88 bits per heavy atom. The van der Waals surface area contributed by atoms with Crippen molar-refractivity contribution in [1.82, 2.24) is 15.3 Å². The lowest BCUT2D eigenvalue weighted by atomic mass is 10.2. The summed E-state index contributed by atoms with van der Waals surface area (Å²) in [6.07, 6.45) is 2.37. The van der Waals surface area contributed by atoms with Gasteiger partial charge >= 0.3 is 5.97 Å². The monoisotopic (exact) mass is 328 g/mol. The molecule has 7 heteroatoms. The number of ether oxygens (including phenoxy) is 1. The van der Waals surface area contributed by atoms with E-state index in [0.29, 0.717) is 36.0 Å². The summed E-state index contributed by atoms with van der Waals surface area (Å²) in [5.41, 5.74) is 1.47. The fraction of sp³-hybridized carbons (Fsp3) is 0.294. The van der Waals surface area contributed by atoms with E-state index < -0.39 is 0 Å². The van der Waals surface area contributed by atoms with Gasteiger partial charge in [-0.1, -0.05) is 6.92 Å².